The van der Waals surface area contributed by atoms with Gasteiger partial charge in [-0.25, -0.2) is 4.79 Å². The minimum atomic E-state index is -0.182. The van der Waals surface area contributed by atoms with Gasteiger partial charge in [-0.15, -0.1) is 0 Å². The lowest BCUT2D eigenvalue weighted by Crippen LogP contribution is -2.56. The Hall–Kier alpha value is -1.06. The molecule has 1 aliphatic heterocycles. The maximum atomic E-state index is 11.9. The van der Waals surface area contributed by atoms with Gasteiger partial charge in [-0.05, 0) is 24.7 Å². The van der Waals surface area contributed by atoms with Crippen molar-refractivity contribution in [3.05, 3.63) is 0 Å². The molecular weight excluding hydrogens is 216 g/mol. The molecule has 4 heteroatoms. The molecule has 0 spiro atoms. The zero-order chi connectivity index (χ0) is 12.4. The van der Waals surface area contributed by atoms with E-state index in [2.05, 4.69) is 19.2 Å². The lowest BCUT2D eigenvalue weighted by Gasteiger charge is -2.43. The summed E-state index contributed by atoms with van der Waals surface area (Å²) in [6.07, 6.45) is 5.22. The summed E-state index contributed by atoms with van der Waals surface area (Å²) in [6.45, 7) is 5.06. The molecule has 2 aliphatic rings. The number of imide groups is 1. The first-order chi connectivity index (χ1) is 8.09. The number of nitrogens with zero attached hydrogens (tertiary/aromatic N) is 1. The molecule has 1 saturated heterocycles. The molecule has 2 rings (SSSR count). The third kappa shape index (κ3) is 2.61. The maximum Gasteiger partial charge on any atom is 0.324 e. The first kappa shape index (κ1) is 12.4. The summed E-state index contributed by atoms with van der Waals surface area (Å²) in [7, 11) is 0. The third-order valence-corrected chi connectivity index (χ3v) is 4.13. The van der Waals surface area contributed by atoms with Crippen molar-refractivity contribution < 1.29 is 9.59 Å². The summed E-state index contributed by atoms with van der Waals surface area (Å²) < 4.78 is 0. The van der Waals surface area contributed by atoms with Crippen LogP contribution in [0.1, 0.15) is 46.0 Å². The van der Waals surface area contributed by atoms with Crippen molar-refractivity contribution in [1.82, 2.24) is 10.2 Å². The molecule has 96 valence electrons. The van der Waals surface area contributed by atoms with E-state index in [1.165, 1.54) is 19.3 Å². The fraction of sp³-hybridized carbons (Fsp3) is 0.846. The SMILES string of the molecule is CC(C)C1CCCCC1N1CCC(=O)NC1=O. The van der Waals surface area contributed by atoms with E-state index in [1.807, 2.05) is 4.90 Å². The predicted octanol–water partition coefficient (Wildman–Crippen LogP) is 2.14. The van der Waals surface area contributed by atoms with Crippen molar-refractivity contribution in [2.75, 3.05) is 6.54 Å². The van der Waals surface area contributed by atoms with Crippen molar-refractivity contribution in [2.24, 2.45) is 11.8 Å². The normalized spacial score (nSPS) is 30.6. The number of hydrogen-bond acceptors (Lipinski definition) is 2. The monoisotopic (exact) mass is 238 g/mol. The number of hydrogen-bond donors (Lipinski definition) is 1. The van der Waals surface area contributed by atoms with E-state index >= 15 is 0 Å². The Kier molecular flexibility index (Phi) is 3.69. The fourth-order valence-corrected chi connectivity index (χ4v) is 3.20. The molecule has 0 aromatic heterocycles. The molecular formula is C13H22N2O2. The maximum absolute atomic E-state index is 11.9. The van der Waals surface area contributed by atoms with Gasteiger partial charge in [0.1, 0.15) is 0 Å². The Bertz CT molecular complexity index is 315. The summed E-state index contributed by atoms with van der Waals surface area (Å²) in [5.41, 5.74) is 0. The molecule has 1 aliphatic carbocycles. The Balaban J connectivity index is 2.08. The van der Waals surface area contributed by atoms with Crippen molar-refractivity contribution in [1.29, 1.82) is 0 Å². The Morgan fingerprint density at radius 3 is 2.59 bits per heavy atom. The van der Waals surface area contributed by atoms with Crippen LogP contribution in [0.5, 0.6) is 0 Å². The molecule has 0 bridgehead atoms. The molecule has 0 aromatic rings. The molecule has 4 nitrogen and oxygen atoms in total. The van der Waals surface area contributed by atoms with E-state index in [4.69, 9.17) is 0 Å². The zero-order valence-electron chi connectivity index (χ0n) is 10.7. The Morgan fingerprint density at radius 2 is 1.94 bits per heavy atom. The highest BCUT2D eigenvalue weighted by molar-refractivity contribution is 5.96. The highest BCUT2D eigenvalue weighted by Gasteiger charge is 2.36. The van der Waals surface area contributed by atoms with Gasteiger partial charge < -0.3 is 4.90 Å². The highest BCUT2D eigenvalue weighted by Crippen LogP contribution is 2.34. The quantitative estimate of drug-likeness (QED) is 0.801. The average Bonchev–Trinajstić information content (AvgIpc) is 2.29. The topological polar surface area (TPSA) is 49.4 Å². The third-order valence-electron chi connectivity index (χ3n) is 4.13. The first-order valence-electron chi connectivity index (χ1n) is 6.70. The van der Waals surface area contributed by atoms with E-state index in [0.717, 1.165) is 6.42 Å². The van der Waals surface area contributed by atoms with Crippen LogP contribution in [0.3, 0.4) is 0 Å². The van der Waals surface area contributed by atoms with Crippen molar-refractivity contribution in [2.45, 2.75) is 52.0 Å². The van der Waals surface area contributed by atoms with Gasteiger partial charge in [-0.3, -0.25) is 10.1 Å². The summed E-state index contributed by atoms with van der Waals surface area (Å²) in [4.78, 5) is 24.9. The lowest BCUT2D eigenvalue weighted by atomic mass is 9.77. The number of nitrogens with one attached hydrogen (secondary N) is 1. The van der Waals surface area contributed by atoms with Crippen molar-refractivity contribution in [3.63, 3.8) is 0 Å². The summed E-state index contributed by atoms with van der Waals surface area (Å²) in [5, 5.41) is 2.43. The second kappa shape index (κ2) is 5.07. The van der Waals surface area contributed by atoms with Crippen LogP contribution >= 0.6 is 0 Å². The van der Waals surface area contributed by atoms with Gasteiger partial charge in [0, 0.05) is 19.0 Å². The van der Waals surface area contributed by atoms with E-state index < -0.39 is 0 Å². The van der Waals surface area contributed by atoms with E-state index in [-0.39, 0.29) is 11.9 Å². The Labute approximate surface area is 103 Å². The summed E-state index contributed by atoms with van der Waals surface area (Å²) in [5.74, 6) is 1.05. The Morgan fingerprint density at radius 1 is 1.24 bits per heavy atom. The minimum Gasteiger partial charge on any atom is -0.321 e. The van der Waals surface area contributed by atoms with Crippen LogP contribution in [0.15, 0.2) is 0 Å². The molecule has 1 saturated carbocycles. The molecule has 1 N–H and O–H groups in total. The number of urea groups is 1. The van der Waals surface area contributed by atoms with E-state index in [0.29, 0.717) is 30.8 Å². The van der Waals surface area contributed by atoms with Crippen LogP contribution in [0.2, 0.25) is 0 Å². The van der Waals surface area contributed by atoms with E-state index in [1.54, 1.807) is 0 Å². The zero-order valence-corrected chi connectivity index (χ0v) is 10.7. The van der Waals surface area contributed by atoms with Crippen LogP contribution in [-0.4, -0.2) is 29.4 Å². The molecule has 2 unspecified atom stereocenters. The molecule has 0 aromatic carbocycles. The van der Waals surface area contributed by atoms with E-state index in [9.17, 15) is 9.59 Å². The van der Waals surface area contributed by atoms with Gasteiger partial charge in [0.25, 0.3) is 0 Å². The van der Waals surface area contributed by atoms with Gasteiger partial charge in [-0.2, -0.15) is 0 Å². The van der Waals surface area contributed by atoms with Crippen molar-refractivity contribution in [3.8, 4) is 0 Å². The number of rotatable bonds is 2. The summed E-state index contributed by atoms with van der Waals surface area (Å²) in [6, 6.07) is 0.149. The van der Waals surface area contributed by atoms with Gasteiger partial charge in [0.2, 0.25) is 5.91 Å². The lowest BCUT2D eigenvalue weighted by molar-refractivity contribution is -0.122. The van der Waals surface area contributed by atoms with Gasteiger partial charge in [-0.1, -0.05) is 26.7 Å². The van der Waals surface area contributed by atoms with Gasteiger partial charge in [0.15, 0.2) is 0 Å². The minimum absolute atomic E-state index is 0.136. The molecule has 3 amide bonds. The van der Waals surface area contributed by atoms with Crippen molar-refractivity contribution >= 4 is 11.9 Å². The molecule has 1 heterocycles. The number of carbonyl (C=O) groups is 2. The summed E-state index contributed by atoms with van der Waals surface area (Å²) >= 11 is 0. The second-order valence-electron chi connectivity index (χ2n) is 5.56. The smallest absolute Gasteiger partial charge is 0.321 e. The molecule has 2 atom stereocenters. The standard InChI is InChI=1S/C13H22N2O2/c1-9(2)10-5-3-4-6-11(10)15-8-7-12(16)14-13(15)17/h9-11H,3-8H2,1-2H3,(H,14,16,17). The van der Waals surface area contributed by atoms with Crippen LogP contribution in [0.4, 0.5) is 4.79 Å². The number of carbonyl (C=O) groups excluding carboxylic acids is 2. The van der Waals surface area contributed by atoms with Crippen LogP contribution in [0, 0.1) is 11.8 Å². The molecule has 2 fully saturated rings. The van der Waals surface area contributed by atoms with Crippen LogP contribution in [-0.2, 0) is 4.79 Å². The highest BCUT2D eigenvalue weighted by atomic mass is 16.2. The predicted molar refractivity (Wildman–Crippen MR) is 65.4 cm³/mol. The molecule has 0 radical (unpaired) electrons. The van der Waals surface area contributed by atoms with Gasteiger partial charge in [0.05, 0.1) is 0 Å². The average molecular weight is 238 g/mol. The number of amides is 3. The van der Waals surface area contributed by atoms with Crippen LogP contribution < -0.4 is 5.32 Å². The van der Waals surface area contributed by atoms with Crippen LogP contribution in [0.25, 0.3) is 0 Å². The fourth-order valence-electron chi connectivity index (χ4n) is 3.20. The van der Waals surface area contributed by atoms with Gasteiger partial charge >= 0.3 is 6.03 Å². The molecule has 17 heavy (non-hydrogen) atoms. The second-order valence-corrected chi connectivity index (χ2v) is 5.56. The first-order valence-corrected chi connectivity index (χ1v) is 6.70. The largest absolute Gasteiger partial charge is 0.324 e.